The van der Waals surface area contributed by atoms with Crippen LogP contribution in [0.1, 0.15) is 44.1 Å². The van der Waals surface area contributed by atoms with Gasteiger partial charge in [-0.25, -0.2) is 8.42 Å². The van der Waals surface area contributed by atoms with E-state index >= 15 is 0 Å². The Morgan fingerprint density at radius 3 is 2.79 bits per heavy atom. The Bertz CT molecular complexity index is 948. The van der Waals surface area contributed by atoms with Crippen LogP contribution >= 0.6 is 0 Å². The van der Waals surface area contributed by atoms with Crippen LogP contribution < -0.4 is 5.32 Å². The average Bonchev–Trinajstić information content (AvgIpc) is 3.29. The second kappa shape index (κ2) is 8.04. The number of carbonyl (C=O) groups excluding carboxylic acids is 1. The summed E-state index contributed by atoms with van der Waals surface area (Å²) in [5.41, 5.74) is 1.52. The maximum atomic E-state index is 13.0. The molecule has 3 heterocycles. The Morgan fingerprint density at radius 2 is 2.14 bits per heavy atom. The van der Waals surface area contributed by atoms with Gasteiger partial charge in [0.2, 0.25) is 15.9 Å². The zero-order valence-electron chi connectivity index (χ0n) is 16.8. The summed E-state index contributed by atoms with van der Waals surface area (Å²) < 4.78 is 30.8. The molecular formula is C18H28N6O3S. The third-order valence-corrected chi connectivity index (χ3v) is 7.38. The fourth-order valence-corrected chi connectivity index (χ4v) is 5.34. The van der Waals surface area contributed by atoms with E-state index in [4.69, 9.17) is 0 Å². The van der Waals surface area contributed by atoms with Gasteiger partial charge in [-0.1, -0.05) is 0 Å². The van der Waals surface area contributed by atoms with Gasteiger partial charge < -0.3 is 5.32 Å². The first-order valence-corrected chi connectivity index (χ1v) is 11.0. The molecule has 0 aromatic carbocycles. The van der Waals surface area contributed by atoms with Crippen molar-refractivity contribution >= 4 is 15.9 Å². The van der Waals surface area contributed by atoms with Crippen molar-refractivity contribution in [1.82, 2.24) is 29.2 Å². The molecule has 0 bridgehead atoms. The van der Waals surface area contributed by atoms with Crippen LogP contribution in [0.3, 0.4) is 0 Å². The normalized spacial score (nSPS) is 19.5. The largest absolute Gasteiger partial charge is 0.348 e. The van der Waals surface area contributed by atoms with Gasteiger partial charge in [0.1, 0.15) is 4.90 Å². The Kier molecular flexibility index (Phi) is 5.90. The van der Waals surface area contributed by atoms with Crippen molar-refractivity contribution in [3.63, 3.8) is 0 Å². The Morgan fingerprint density at radius 1 is 1.39 bits per heavy atom. The number of nitrogens with zero attached hydrogens (tertiary/aromatic N) is 5. The molecule has 0 unspecified atom stereocenters. The SMILES string of the molecule is CCn1nccc1[C@@H](C)NC(=O)[C@H]1CCCN(S(=O)(=O)c2cnn(C)c2C)C1. The average molecular weight is 409 g/mol. The molecule has 2 atom stereocenters. The van der Waals surface area contributed by atoms with Crippen molar-refractivity contribution in [2.45, 2.75) is 51.1 Å². The summed E-state index contributed by atoms with van der Waals surface area (Å²) >= 11 is 0. The van der Waals surface area contributed by atoms with Crippen LogP contribution in [-0.4, -0.2) is 51.3 Å². The third-order valence-electron chi connectivity index (χ3n) is 5.41. The molecule has 1 N–H and O–H groups in total. The first-order chi connectivity index (χ1) is 13.3. The Balaban J connectivity index is 1.70. The number of aromatic nitrogens is 4. The number of aryl methyl sites for hydroxylation is 2. The van der Waals surface area contributed by atoms with Gasteiger partial charge in [-0.05, 0) is 39.7 Å². The number of sulfonamides is 1. The van der Waals surface area contributed by atoms with E-state index in [1.165, 1.54) is 10.5 Å². The number of hydrogen-bond acceptors (Lipinski definition) is 5. The van der Waals surface area contributed by atoms with Crippen LogP contribution in [0, 0.1) is 12.8 Å². The highest BCUT2D eigenvalue weighted by molar-refractivity contribution is 7.89. The highest BCUT2D eigenvalue weighted by Crippen LogP contribution is 2.26. The standard InChI is InChI=1S/C18H28N6O3S/c1-5-24-16(8-9-19-24)13(2)21-18(25)15-7-6-10-23(12-15)28(26,27)17-11-20-22(4)14(17)3/h8-9,11,13,15H,5-7,10,12H2,1-4H3,(H,21,25)/t13-,15+/m1/s1. The smallest absolute Gasteiger partial charge is 0.246 e. The fraction of sp³-hybridized carbons (Fsp3) is 0.611. The lowest BCUT2D eigenvalue weighted by Crippen LogP contribution is -2.46. The molecule has 0 spiro atoms. The molecule has 0 aliphatic carbocycles. The molecule has 2 aromatic heterocycles. The molecule has 154 valence electrons. The lowest BCUT2D eigenvalue weighted by Gasteiger charge is -2.31. The zero-order chi connectivity index (χ0) is 20.5. The summed E-state index contributed by atoms with van der Waals surface area (Å²) in [6.07, 6.45) is 4.41. The zero-order valence-corrected chi connectivity index (χ0v) is 17.6. The van der Waals surface area contributed by atoms with E-state index in [0.29, 0.717) is 25.1 Å². The lowest BCUT2D eigenvalue weighted by atomic mass is 9.98. The van der Waals surface area contributed by atoms with E-state index in [1.807, 2.05) is 24.6 Å². The van der Waals surface area contributed by atoms with Crippen LogP contribution in [0.25, 0.3) is 0 Å². The molecule has 1 aliphatic heterocycles. The molecule has 1 aliphatic rings. The maximum Gasteiger partial charge on any atom is 0.246 e. The first kappa shape index (κ1) is 20.5. The monoisotopic (exact) mass is 408 g/mol. The summed E-state index contributed by atoms with van der Waals surface area (Å²) in [7, 11) is -1.95. The van der Waals surface area contributed by atoms with Gasteiger partial charge in [-0.3, -0.25) is 14.2 Å². The number of nitrogens with one attached hydrogen (secondary N) is 1. The second-order valence-corrected chi connectivity index (χ2v) is 9.13. The maximum absolute atomic E-state index is 13.0. The predicted molar refractivity (Wildman–Crippen MR) is 104 cm³/mol. The summed E-state index contributed by atoms with van der Waals surface area (Å²) in [4.78, 5) is 13.0. The minimum Gasteiger partial charge on any atom is -0.348 e. The van der Waals surface area contributed by atoms with Crippen molar-refractivity contribution in [3.05, 3.63) is 29.8 Å². The van der Waals surface area contributed by atoms with Gasteiger partial charge in [-0.15, -0.1) is 0 Å². The molecule has 28 heavy (non-hydrogen) atoms. The van der Waals surface area contributed by atoms with Crippen molar-refractivity contribution in [2.24, 2.45) is 13.0 Å². The highest BCUT2D eigenvalue weighted by Gasteiger charge is 2.35. The van der Waals surface area contributed by atoms with Crippen LogP contribution in [0.2, 0.25) is 0 Å². The summed E-state index contributed by atoms with van der Waals surface area (Å²) in [5, 5.41) is 11.3. The summed E-state index contributed by atoms with van der Waals surface area (Å²) in [6, 6.07) is 1.69. The Labute approximate surface area is 165 Å². The second-order valence-electron chi connectivity index (χ2n) is 7.22. The molecular weight excluding hydrogens is 380 g/mol. The topological polar surface area (TPSA) is 102 Å². The van der Waals surface area contributed by atoms with Crippen LogP contribution in [-0.2, 0) is 28.4 Å². The van der Waals surface area contributed by atoms with Crippen LogP contribution in [0.15, 0.2) is 23.4 Å². The van der Waals surface area contributed by atoms with Crippen molar-refractivity contribution < 1.29 is 13.2 Å². The van der Waals surface area contributed by atoms with E-state index in [9.17, 15) is 13.2 Å². The number of hydrogen-bond donors (Lipinski definition) is 1. The molecule has 3 rings (SSSR count). The van der Waals surface area contributed by atoms with Gasteiger partial charge in [-0.2, -0.15) is 14.5 Å². The fourth-order valence-electron chi connectivity index (χ4n) is 3.63. The molecule has 2 aromatic rings. The predicted octanol–water partition coefficient (Wildman–Crippen LogP) is 1.22. The van der Waals surface area contributed by atoms with Crippen molar-refractivity contribution in [2.75, 3.05) is 13.1 Å². The molecule has 1 fully saturated rings. The Hall–Kier alpha value is -2.20. The quantitative estimate of drug-likeness (QED) is 0.774. The molecule has 1 amide bonds. The summed E-state index contributed by atoms with van der Waals surface area (Å²) in [5.74, 6) is -0.500. The van der Waals surface area contributed by atoms with Gasteiger partial charge in [0.25, 0.3) is 0 Å². The molecule has 0 saturated carbocycles. The van der Waals surface area contributed by atoms with E-state index in [0.717, 1.165) is 12.2 Å². The van der Waals surface area contributed by atoms with E-state index in [1.54, 1.807) is 24.9 Å². The van der Waals surface area contributed by atoms with Gasteiger partial charge >= 0.3 is 0 Å². The molecule has 9 nitrogen and oxygen atoms in total. The highest BCUT2D eigenvalue weighted by atomic mass is 32.2. The van der Waals surface area contributed by atoms with Crippen LogP contribution in [0.4, 0.5) is 0 Å². The van der Waals surface area contributed by atoms with Gasteiger partial charge in [0, 0.05) is 32.9 Å². The third kappa shape index (κ3) is 3.83. The van der Waals surface area contributed by atoms with E-state index < -0.39 is 10.0 Å². The molecule has 10 heteroatoms. The lowest BCUT2D eigenvalue weighted by molar-refractivity contribution is -0.126. The van der Waals surface area contributed by atoms with E-state index in [-0.39, 0.29) is 29.3 Å². The number of piperidine rings is 1. The number of amides is 1. The molecule has 1 saturated heterocycles. The summed E-state index contributed by atoms with van der Waals surface area (Å²) in [6.45, 7) is 6.96. The van der Waals surface area contributed by atoms with Gasteiger partial charge in [0.05, 0.1) is 29.5 Å². The van der Waals surface area contributed by atoms with Crippen molar-refractivity contribution in [3.8, 4) is 0 Å². The first-order valence-electron chi connectivity index (χ1n) is 9.56. The molecule has 0 radical (unpaired) electrons. The van der Waals surface area contributed by atoms with E-state index in [2.05, 4.69) is 15.5 Å². The minimum atomic E-state index is -3.66. The van der Waals surface area contributed by atoms with Crippen LogP contribution in [0.5, 0.6) is 0 Å². The van der Waals surface area contributed by atoms with Gasteiger partial charge in [0.15, 0.2) is 0 Å². The number of rotatable bonds is 6. The minimum absolute atomic E-state index is 0.126. The van der Waals surface area contributed by atoms with Crippen molar-refractivity contribution in [1.29, 1.82) is 0 Å². The number of carbonyl (C=O) groups is 1.